The van der Waals surface area contributed by atoms with Crippen LogP contribution in [-0.4, -0.2) is 37.5 Å². The average molecular weight is 391 g/mol. The van der Waals surface area contributed by atoms with Gasteiger partial charge in [0.1, 0.15) is 5.82 Å². The number of nitrogens with one attached hydrogen (secondary N) is 1. The molecule has 8 heteroatoms. The van der Waals surface area contributed by atoms with Gasteiger partial charge in [-0.15, -0.1) is 0 Å². The second-order valence-electron chi connectivity index (χ2n) is 6.37. The molecule has 0 aliphatic rings. The molecule has 29 heavy (non-hydrogen) atoms. The highest BCUT2D eigenvalue weighted by atomic mass is 19.1. The summed E-state index contributed by atoms with van der Waals surface area (Å²) in [6, 6.07) is 11.8. The summed E-state index contributed by atoms with van der Waals surface area (Å²) in [4.78, 5) is 16.8. The van der Waals surface area contributed by atoms with Gasteiger partial charge in [-0.05, 0) is 50.2 Å². The number of ether oxygens (including phenoxy) is 1. The Balaban J connectivity index is 1.88. The van der Waals surface area contributed by atoms with Gasteiger partial charge in [-0.25, -0.2) is 18.9 Å². The van der Waals surface area contributed by atoms with Crippen LogP contribution >= 0.6 is 0 Å². The quantitative estimate of drug-likeness (QED) is 0.521. The minimum Gasteiger partial charge on any atom is -0.461 e. The van der Waals surface area contributed by atoms with Crippen LogP contribution in [0.15, 0.2) is 54.9 Å². The molecule has 0 atom stereocenters. The molecule has 0 aliphatic carbocycles. The topological polar surface area (TPSA) is 85.7 Å². The van der Waals surface area contributed by atoms with Crippen LogP contribution in [0.2, 0.25) is 0 Å². The Morgan fingerprint density at radius 3 is 2.79 bits per heavy atom. The Labute approximate surface area is 166 Å². The lowest BCUT2D eigenvalue weighted by molar-refractivity contribution is 0.0519. The Hall–Kier alpha value is -3.81. The van der Waals surface area contributed by atoms with E-state index in [4.69, 9.17) is 4.74 Å². The number of halogens is 1. The lowest BCUT2D eigenvalue weighted by Gasteiger charge is -2.09. The first-order valence-corrected chi connectivity index (χ1v) is 9.07. The van der Waals surface area contributed by atoms with Crippen LogP contribution in [0.4, 0.5) is 4.39 Å². The van der Waals surface area contributed by atoms with Crippen molar-refractivity contribution in [2.24, 2.45) is 0 Å². The molecule has 0 bridgehead atoms. The van der Waals surface area contributed by atoms with Crippen molar-refractivity contribution in [3.63, 3.8) is 0 Å². The number of aryl methyl sites for hydroxylation is 1. The highest BCUT2D eigenvalue weighted by Crippen LogP contribution is 2.30. The van der Waals surface area contributed by atoms with Crippen LogP contribution < -0.4 is 0 Å². The molecule has 0 spiro atoms. The number of carbonyl (C=O) groups is 1. The molecule has 146 valence electrons. The molecule has 0 fully saturated rings. The largest absolute Gasteiger partial charge is 0.461 e. The molecular weight excluding hydrogens is 373 g/mol. The van der Waals surface area contributed by atoms with Crippen molar-refractivity contribution in [1.29, 1.82) is 0 Å². The molecule has 7 nitrogen and oxygen atoms in total. The molecule has 4 rings (SSSR count). The van der Waals surface area contributed by atoms with Crippen molar-refractivity contribution in [2.75, 3.05) is 6.61 Å². The summed E-state index contributed by atoms with van der Waals surface area (Å²) in [5.74, 6) is -0.359. The molecule has 1 N–H and O–H groups in total. The van der Waals surface area contributed by atoms with E-state index < -0.39 is 5.97 Å². The SMILES string of the molecule is CCOC(=O)c1cc(-c2ccc(F)c(-c3cn[nH]c3)c2)n(-c2cccc(C)n2)n1. The number of benzene rings is 1. The van der Waals surface area contributed by atoms with Crippen LogP contribution in [0.5, 0.6) is 0 Å². The number of aromatic amines is 1. The van der Waals surface area contributed by atoms with E-state index in [-0.39, 0.29) is 18.1 Å². The first-order valence-electron chi connectivity index (χ1n) is 9.07. The van der Waals surface area contributed by atoms with Crippen molar-refractivity contribution in [2.45, 2.75) is 13.8 Å². The number of hydrogen-bond donors (Lipinski definition) is 1. The first kappa shape index (κ1) is 18.5. The van der Waals surface area contributed by atoms with E-state index in [0.717, 1.165) is 5.69 Å². The zero-order chi connectivity index (χ0) is 20.4. The Kier molecular flexibility index (Phi) is 4.90. The molecule has 0 saturated carbocycles. The molecule has 0 saturated heterocycles. The maximum absolute atomic E-state index is 14.4. The minimum absolute atomic E-state index is 0.152. The smallest absolute Gasteiger partial charge is 0.358 e. The second kappa shape index (κ2) is 7.67. The fraction of sp³-hybridized carbons (Fsp3) is 0.143. The Morgan fingerprint density at radius 1 is 1.21 bits per heavy atom. The van der Waals surface area contributed by atoms with Gasteiger partial charge in [0.05, 0.1) is 18.5 Å². The van der Waals surface area contributed by atoms with Crippen LogP contribution in [0.3, 0.4) is 0 Å². The lowest BCUT2D eigenvalue weighted by atomic mass is 10.0. The summed E-state index contributed by atoms with van der Waals surface area (Å²) in [5.41, 5.74) is 3.23. The van der Waals surface area contributed by atoms with E-state index in [2.05, 4.69) is 20.3 Å². The summed E-state index contributed by atoms with van der Waals surface area (Å²) in [6.45, 7) is 3.84. The molecule has 0 unspecified atom stereocenters. The molecule has 0 aliphatic heterocycles. The van der Waals surface area contributed by atoms with Gasteiger partial charge in [-0.2, -0.15) is 10.2 Å². The van der Waals surface area contributed by atoms with Gasteiger partial charge in [0.25, 0.3) is 0 Å². The fourth-order valence-electron chi connectivity index (χ4n) is 3.02. The van der Waals surface area contributed by atoms with Gasteiger partial charge in [-0.3, -0.25) is 5.10 Å². The molecule has 4 aromatic rings. The van der Waals surface area contributed by atoms with Crippen molar-refractivity contribution in [3.05, 3.63) is 72.1 Å². The summed E-state index contributed by atoms with van der Waals surface area (Å²) in [5, 5.41) is 11.0. The van der Waals surface area contributed by atoms with Crippen LogP contribution in [0, 0.1) is 12.7 Å². The zero-order valence-electron chi connectivity index (χ0n) is 15.9. The molecule has 1 aromatic carbocycles. The summed E-state index contributed by atoms with van der Waals surface area (Å²) < 4.78 is 21.1. The average Bonchev–Trinajstić information content (AvgIpc) is 3.39. The van der Waals surface area contributed by atoms with E-state index in [1.165, 1.54) is 6.07 Å². The Bertz CT molecular complexity index is 1170. The zero-order valence-corrected chi connectivity index (χ0v) is 15.9. The third-order valence-electron chi connectivity index (χ3n) is 4.36. The minimum atomic E-state index is -0.530. The summed E-state index contributed by atoms with van der Waals surface area (Å²) >= 11 is 0. The van der Waals surface area contributed by atoms with Crippen LogP contribution in [0.25, 0.3) is 28.2 Å². The predicted molar refractivity (Wildman–Crippen MR) is 105 cm³/mol. The summed E-state index contributed by atoms with van der Waals surface area (Å²) in [6.07, 6.45) is 3.16. The van der Waals surface area contributed by atoms with E-state index in [0.29, 0.717) is 28.2 Å². The number of nitrogens with zero attached hydrogens (tertiary/aromatic N) is 4. The molecular formula is C21H18FN5O2. The van der Waals surface area contributed by atoms with Crippen LogP contribution in [-0.2, 0) is 4.74 Å². The third-order valence-corrected chi connectivity index (χ3v) is 4.36. The monoisotopic (exact) mass is 391 g/mol. The number of esters is 1. The van der Waals surface area contributed by atoms with Crippen molar-refractivity contribution >= 4 is 5.97 Å². The number of rotatable bonds is 5. The standard InChI is InChI=1S/C21H18FN5O2/c1-3-29-21(28)18-10-19(27(26-18)20-6-4-5-13(2)25-20)14-7-8-17(22)16(9-14)15-11-23-24-12-15/h4-12H,3H2,1-2H3,(H,23,24). The van der Waals surface area contributed by atoms with Gasteiger partial charge in [0.15, 0.2) is 11.5 Å². The van der Waals surface area contributed by atoms with E-state index >= 15 is 0 Å². The number of carbonyl (C=O) groups excluding carboxylic acids is 1. The third kappa shape index (κ3) is 3.64. The lowest BCUT2D eigenvalue weighted by Crippen LogP contribution is -2.07. The Morgan fingerprint density at radius 2 is 2.07 bits per heavy atom. The number of H-pyrrole nitrogens is 1. The highest BCUT2D eigenvalue weighted by Gasteiger charge is 2.19. The number of hydrogen-bond acceptors (Lipinski definition) is 5. The van der Waals surface area contributed by atoms with Gasteiger partial charge in [0.2, 0.25) is 0 Å². The van der Waals surface area contributed by atoms with Gasteiger partial charge in [-0.1, -0.05) is 6.07 Å². The number of pyridine rings is 1. The normalized spacial score (nSPS) is 10.9. The molecule has 0 radical (unpaired) electrons. The molecule has 0 amide bonds. The van der Waals surface area contributed by atoms with E-state index in [1.54, 1.807) is 48.3 Å². The number of aromatic nitrogens is 5. The maximum Gasteiger partial charge on any atom is 0.358 e. The van der Waals surface area contributed by atoms with E-state index in [9.17, 15) is 9.18 Å². The molecule has 3 heterocycles. The van der Waals surface area contributed by atoms with Crippen LogP contribution in [0.1, 0.15) is 23.1 Å². The maximum atomic E-state index is 14.4. The van der Waals surface area contributed by atoms with Gasteiger partial charge in [0, 0.05) is 28.6 Å². The fourth-order valence-corrected chi connectivity index (χ4v) is 3.02. The predicted octanol–water partition coefficient (Wildman–Crippen LogP) is 3.95. The van der Waals surface area contributed by atoms with Crippen molar-refractivity contribution in [1.82, 2.24) is 25.0 Å². The van der Waals surface area contributed by atoms with Gasteiger partial charge < -0.3 is 4.74 Å². The second-order valence-corrected chi connectivity index (χ2v) is 6.37. The van der Waals surface area contributed by atoms with Crippen molar-refractivity contribution < 1.29 is 13.9 Å². The van der Waals surface area contributed by atoms with Gasteiger partial charge >= 0.3 is 5.97 Å². The van der Waals surface area contributed by atoms with E-state index in [1.807, 2.05) is 19.1 Å². The first-order chi connectivity index (χ1) is 14.1. The van der Waals surface area contributed by atoms with Crippen molar-refractivity contribution in [3.8, 4) is 28.2 Å². The molecule has 3 aromatic heterocycles. The summed E-state index contributed by atoms with van der Waals surface area (Å²) in [7, 11) is 0. The highest BCUT2D eigenvalue weighted by molar-refractivity contribution is 5.89.